The minimum Gasteiger partial charge on any atom is -0.481 e. The normalized spacial score (nSPS) is 10.8. The van der Waals surface area contributed by atoms with Crippen molar-refractivity contribution in [2.45, 2.75) is 6.42 Å². The van der Waals surface area contributed by atoms with E-state index in [-0.39, 0.29) is 5.02 Å². The monoisotopic (exact) mass is 460 g/mol. The number of benzene rings is 1. The van der Waals surface area contributed by atoms with Crippen molar-refractivity contribution in [3.05, 3.63) is 47.4 Å². The Bertz CT molecular complexity index is 1040. The van der Waals surface area contributed by atoms with Gasteiger partial charge in [0.15, 0.2) is 0 Å². The van der Waals surface area contributed by atoms with Gasteiger partial charge in [0.2, 0.25) is 17.7 Å². The Morgan fingerprint density at radius 2 is 1.78 bits per heavy atom. The quantitative estimate of drug-likeness (QED) is 0.429. The van der Waals surface area contributed by atoms with Crippen molar-refractivity contribution >= 4 is 29.1 Å². The van der Waals surface area contributed by atoms with E-state index in [9.17, 15) is 4.39 Å². The van der Waals surface area contributed by atoms with Crippen molar-refractivity contribution in [1.82, 2.24) is 19.9 Å². The van der Waals surface area contributed by atoms with E-state index in [0.29, 0.717) is 35.8 Å². The van der Waals surface area contributed by atoms with Crippen LogP contribution in [0.25, 0.3) is 11.1 Å². The molecule has 0 aliphatic carbocycles. The summed E-state index contributed by atoms with van der Waals surface area (Å²) in [4.78, 5) is 15.4. The van der Waals surface area contributed by atoms with Crippen LogP contribution in [0.3, 0.4) is 0 Å². The van der Waals surface area contributed by atoms with E-state index >= 15 is 0 Å². The van der Waals surface area contributed by atoms with Crippen molar-refractivity contribution in [3.8, 4) is 22.9 Å². The molecular weight excluding hydrogens is 435 g/mol. The zero-order valence-corrected chi connectivity index (χ0v) is 19.2. The molecule has 0 unspecified atom stereocenters. The molecule has 0 aliphatic rings. The molecule has 0 saturated heterocycles. The van der Waals surface area contributed by atoms with Crippen molar-refractivity contribution in [2.24, 2.45) is 0 Å². The Morgan fingerprint density at radius 3 is 2.41 bits per heavy atom. The molecule has 1 aromatic carbocycles. The molecule has 3 rings (SSSR count). The van der Waals surface area contributed by atoms with E-state index in [1.807, 2.05) is 14.1 Å². The maximum Gasteiger partial charge on any atom is 0.229 e. The predicted molar refractivity (Wildman–Crippen MR) is 125 cm³/mol. The number of aromatic nitrogens is 3. The standard InChI is InChI=1S/C22H26ClFN6O2/c1-30(2)9-5-8-25-21-16(14-10-19(31-3)28-20(11-14)32-4)13-26-22(29-21)27-15-6-7-18(24)17(23)12-15/h6-7,10-13H,5,8-9H2,1-4H3,(H2,25,26,27,29). The van der Waals surface area contributed by atoms with Crippen LogP contribution in [0.5, 0.6) is 11.8 Å². The van der Waals surface area contributed by atoms with Crippen LogP contribution >= 0.6 is 11.6 Å². The smallest absolute Gasteiger partial charge is 0.229 e. The minimum atomic E-state index is -0.489. The summed E-state index contributed by atoms with van der Waals surface area (Å²) in [6, 6.07) is 7.92. The van der Waals surface area contributed by atoms with Crippen LogP contribution in [0.4, 0.5) is 21.8 Å². The summed E-state index contributed by atoms with van der Waals surface area (Å²) in [5, 5.41) is 6.46. The second kappa shape index (κ2) is 10.9. The molecule has 2 heterocycles. The number of hydrogen-bond acceptors (Lipinski definition) is 8. The van der Waals surface area contributed by atoms with Gasteiger partial charge in [-0.25, -0.2) is 9.37 Å². The van der Waals surface area contributed by atoms with Crippen LogP contribution in [-0.4, -0.2) is 61.3 Å². The predicted octanol–water partition coefficient (Wildman–Crippen LogP) is 4.46. The van der Waals surface area contributed by atoms with Gasteiger partial charge in [0.1, 0.15) is 11.6 Å². The van der Waals surface area contributed by atoms with Crippen LogP contribution in [-0.2, 0) is 0 Å². The zero-order valence-electron chi connectivity index (χ0n) is 18.4. The van der Waals surface area contributed by atoms with E-state index in [4.69, 9.17) is 21.1 Å². The molecule has 0 saturated carbocycles. The third-order valence-corrected chi connectivity index (χ3v) is 4.84. The molecule has 2 aromatic heterocycles. The van der Waals surface area contributed by atoms with Gasteiger partial charge in [-0.1, -0.05) is 11.6 Å². The third kappa shape index (κ3) is 6.18. The number of halogens is 2. The van der Waals surface area contributed by atoms with Gasteiger partial charge >= 0.3 is 0 Å². The van der Waals surface area contributed by atoms with Gasteiger partial charge in [-0.15, -0.1) is 0 Å². The van der Waals surface area contributed by atoms with Crippen molar-refractivity contribution in [2.75, 3.05) is 52.0 Å². The fourth-order valence-corrected chi connectivity index (χ4v) is 3.12. The SMILES string of the molecule is COc1cc(-c2cnc(Nc3ccc(F)c(Cl)c3)nc2NCCCN(C)C)cc(OC)n1. The molecule has 0 spiro atoms. The summed E-state index contributed by atoms with van der Waals surface area (Å²) in [5.74, 6) is 1.32. The van der Waals surface area contributed by atoms with Crippen molar-refractivity contribution < 1.29 is 13.9 Å². The highest BCUT2D eigenvalue weighted by molar-refractivity contribution is 6.31. The molecule has 0 aliphatic heterocycles. The van der Waals surface area contributed by atoms with Crippen molar-refractivity contribution in [3.63, 3.8) is 0 Å². The van der Waals surface area contributed by atoms with Crippen LogP contribution < -0.4 is 20.1 Å². The lowest BCUT2D eigenvalue weighted by Gasteiger charge is -2.15. The van der Waals surface area contributed by atoms with Gasteiger partial charge in [-0.05, 0) is 50.8 Å². The summed E-state index contributed by atoms with van der Waals surface area (Å²) >= 11 is 5.88. The molecule has 3 aromatic rings. The number of pyridine rings is 1. The Balaban J connectivity index is 1.94. The Hall–Kier alpha value is -3.17. The van der Waals surface area contributed by atoms with Gasteiger partial charge in [0, 0.05) is 36.1 Å². The van der Waals surface area contributed by atoms with Crippen LogP contribution in [0.15, 0.2) is 36.5 Å². The van der Waals surface area contributed by atoms with Gasteiger partial charge in [0.05, 0.1) is 19.2 Å². The molecule has 2 N–H and O–H groups in total. The maximum absolute atomic E-state index is 13.5. The summed E-state index contributed by atoms with van der Waals surface area (Å²) < 4.78 is 24.1. The molecule has 32 heavy (non-hydrogen) atoms. The van der Waals surface area contributed by atoms with E-state index in [2.05, 4.69) is 30.5 Å². The molecule has 10 heteroatoms. The van der Waals surface area contributed by atoms with E-state index in [0.717, 1.165) is 24.1 Å². The van der Waals surface area contributed by atoms with Crippen molar-refractivity contribution in [1.29, 1.82) is 0 Å². The number of methoxy groups -OCH3 is 2. The van der Waals surface area contributed by atoms with E-state index < -0.39 is 5.82 Å². The molecular formula is C22H26ClFN6O2. The summed E-state index contributed by atoms with van der Waals surface area (Å²) in [6.07, 6.45) is 2.62. The molecule has 0 fully saturated rings. The van der Waals surface area contributed by atoms with Crippen LogP contribution in [0, 0.1) is 5.82 Å². The van der Waals surface area contributed by atoms with Gasteiger partial charge < -0.3 is 25.0 Å². The fourth-order valence-electron chi connectivity index (χ4n) is 2.94. The highest BCUT2D eigenvalue weighted by Crippen LogP contribution is 2.32. The lowest BCUT2D eigenvalue weighted by molar-refractivity contribution is 0.365. The molecule has 8 nitrogen and oxygen atoms in total. The third-order valence-electron chi connectivity index (χ3n) is 4.55. The zero-order chi connectivity index (χ0) is 23.1. The molecule has 0 radical (unpaired) electrons. The largest absolute Gasteiger partial charge is 0.481 e. The first kappa shape index (κ1) is 23.5. The first-order chi connectivity index (χ1) is 15.4. The minimum absolute atomic E-state index is 0.0182. The summed E-state index contributed by atoms with van der Waals surface area (Å²) in [5.41, 5.74) is 2.13. The highest BCUT2D eigenvalue weighted by atomic mass is 35.5. The topological polar surface area (TPSA) is 84.4 Å². The van der Waals surface area contributed by atoms with Crippen LogP contribution in [0.2, 0.25) is 5.02 Å². The second-order valence-electron chi connectivity index (χ2n) is 7.23. The fraction of sp³-hybridized carbons (Fsp3) is 0.318. The highest BCUT2D eigenvalue weighted by Gasteiger charge is 2.14. The number of nitrogens with zero attached hydrogens (tertiary/aromatic N) is 4. The molecule has 0 atom stereocenters. The number of hydrogen-bond donors (Lipinski definition) is 2. The number of rotatable bonds is 10. The van der Waals surface area contributed by atoms with Gasteiger partial charge in [-0.3, -0.25) is 0 Å². The van der Waals surface area contributed by atoms with Gasteiger partial charge in [0.25, 0.3) is 0 Å². The van der Waals surface area contributed by atoms with Gasteiger partial charge in [-0.2, -0.15) is 9.97 Å². The first-order valence-electron chi connectivity index (χ1n) is 9.97. The Morgan fingerprint density at radius 1 is 1.06 bits per heavy atom. The Labute approximate surface area is 191 Å². The summed E-state index contributed by atoms with van der Waals surface area (Å²) in [7, 11) is 7.15. The maximum atomic E-state index is 13.5. The second-order valence-corrected chi connectivity index (χ2v) is 7.64. The number of ether oxygens (including phenoxy) is 2. The Kier molecular flexibility index (Phi) is 8.02. The molecule has 0 bridgehead atoms. The van der Waals surface area contributed by atoms with Crippen LogP contribution in [0.1, 0.15) is 6.42 Å². The van der Waals surface area contributed by atoms with E-state index in [1.54, 1.807) is 38.6 Å². The van der Waals surface area contributed by atoms with E-state index in [1.165, 1.54) is 12.1 Å². The summed E-state index contributed by atoms with van der Waals surface area (Å²) in [6.45, 7) is 1.65. The number of anilines is 3. The molecule has 0 amide bonds. The average molecular weight is 461 g/mol. The molecule has 170 valence electrons. The lowest BCUT2D eigenvalue weighted by atomic mass is 10.1. The lowest BCUT2D eigenvalue weighted by Crippen LogP contribution is -2.17. The number of nitrogens with one attached hydrogen (secondary N) is 2. The average Bonchev–Trinajstić information content (AvgIpc) is 2.78. The first-order valence-corrected chi connectivity index (χ1v) is 10.4.